The van der Waals surface area contributed by atoms with Crippen LogP contribution in [-0.2, 0) is 19.4 Å². The molecule has 0 aliphatic rings. The number of rotatable bonds is 5. The molecular weight excluding hydrogens is 270 g/mol. The average molecular weight is 289 g/mol. The number of nitrogens with two attached hydrogens (primary N) is 1. The topological polar surface area (TPSA) is 76.2 Å². The Morgan fingerprint density at radius 1 is 1.25 bits per heavy atom. The van der Waals surface area contributed by atoms with Gasteiger partial charge in [0, 0.05) is 5.69 Å². The molecule has 0 bridgehead atoms. The molecule has 0 radical (unpaired) electrons. The van der Waals surface area contributed by atoms with Crippen LogP contribution in [-0.4, -0.2) is 16.2 Å². The van der Waals surface area contributed by atoms with E-state index in [0.717, 1.165) is 28.5 Å². The van der Waals surface area contributed by atoms with Crippen molar-refractivity contribution in [1.82, 2.24) is 10.2 Å². The maximum atomic E-state index is 5.88. The van der Waals surface area contributed by atoms with E-state index in [-0.39, 0.29) is 0 Å². The molecule has 2 aromatic rings. The van der Waals surface area contributed by atoms with Gasteiger partial charge < -0.3 is 11.1 Å². The predicted molar refractivity (Wildman–Crippen MR) is 84.1 cm³/mol. The van der Waals surface area contributed by atoms with Crippen molar-refractivity contribution >= 4 is 23.0 Å². The van der Waals surface area contributed by atoms with Gasteiger partial charge in [-0.25, -0.2) is 4.99 Å². The van der Waals surface area contributed by atoms with E-state index in [1.165, 1.54) is 5.56 Å². The van der Waals surface area contributed by atoms with E-state index >= 15 is 0 Å². The summed E-state index contributed by atoms with van der Waals surface area (Å²) in [4.78, 5) is 4.28. The van der Waals surface area contributed by atoms with Gasteiger partial charge >= 0.3 is 0 Å². The fourth-order valence-corrected chi connectivity index (χ4v) is 2.41. The van der Waals surface area contributed by atoms with Crippen molar-refractivity contribution in [2.75, 3.05) is 5.32 Å². The summed E-state index contributed by atoms with van der Waals surface area (Å²) < 4.78 is 0. The van der Waals surface area contributed by atoms with Crippen LogP contribution in [0.3, 0.4) is 0 Å². The summed E-state index contributed by atoms with van der Waals surface area (Å²) in [6.07, 6.45) is 1.90. The number of aromatic nitrogens is 2. The zero-order chi connectivity index (χ0) is 14.4. The molecule has 0 atom stereocenters. The molecule has 1 heterocycles. The molecule has 0 aliphatic carbocycles. The van der Waals surface area contributed by atoms with Crippen molar-refractivity contribution in [3.63, 3.8) is 0 Å². The van der Waals surface area contributed by atoms with Crippen LogP contribution in [0.4, 0.5) is 5.69 Å². The number of anilines is 1. The minimum Gasteiger partial charge on any atom is -0.370 e. The van der Waals surface area contributed by atoms with Crippen molar-refractivity contribution in [2.45, 2.75) is 33.2 Å². The second kappa shape index (κ2) is 7.00. The lowest BCUT2D eigenvalue weighted by molar-refractivity contribution is 0.921. The number of benzene rings is 1. The average Bonchev–Trinajstić information content (AvgIpc) is 2.93. The largest absolute Gasteiger partial charge is 0.370 e. The number of nitrogens with zero attached hydrogens (tertiary/aromatic N) is 3. The molecule has 0 saturated carbocycles. The number of hydrogen-bond acceptors (Lipinski definition) is 4. The van der Waals surface area contributed by atoms with Crippen LogP contribution < -0.4 is 11.1 Å². The molecule has 2 rings (SSSR count). The quantitative estimate of drug-likeness (QED) is 0.655. The van der Waals surface area contributed by atoms with Crippen LogP contribution in [0.25, 0.3) is 0 Å². The van der Waals surface area contributed by atoms with Gasteiger partial charge in [0.05, 0.1) is 6.54 Å². The minimum absolute atomic E-state index is 0.395. The Balaban J connectivity index is 1.96. The standard InChI is InChI=1S/C14H19N5S/c1-3-10-6-5-7-11(8-10)17-14(15)16-9-13-19-18-12(4-2)20-13/h5-8H,3-4,9H2,1-2H3,(H3,15,16,17). The maximum Gasteiger partial charge on any atom is 0.193 e. The number of aliphatic imine (C=N–C) groups is 1. The minimum atomic E-state index is 0.395. The maximum absolute atomic E-state index is 5.88. The van der Waals surface area contributed by atoms with Crippen LogP contribution in [0, 0.1) is 0 Å². The van der Waals surface area contributed by atoms with E-state index < -0.39 is 0 Å². The van der Waals surface area contributed by atoms with Crippen LogP contribution in [0.1, 0.15) is 29.4 Å². The highest BCUT2D eigenvalue weighted by Gasteiger charge is 2.02. The van der Waals surface area contributed by atoms with Gasteiger partial charge in [0.1, 0.15) is 10.0 Å². The van der Waals surface area contributed by atoms with Crippen molar-refractivity contribution in [3.8, 4) is 0 Å². The lowest BCUT2D eigenvalue weighted by atomic mass is 10.1. The molecule has 6 heteroatoms. The number of hydrogen-bond donors (Lipinski definition) is 2. The van der Waals surface area contributed by atoms with Crippen LogP contribution >= 0.6 is 11.3 Å². The Hall–Kier alpha value is -1.95. The summed E-state index contributed by atoms with van der Waals surface area (Å²) in [6, 6.07) is 8.14. The fourth-order valence-electron chi connectivity index (χ4n) is 1.70. The first-order chi connectivity index (χ1) is 9.71. The van der Waals surface area contributed by atoms with Gasteiger partial charge in [-0.2, -0.15) is 0 Å². The van der Waals surface area contributed by atoms with E-state index in [9.17, 15) is 0 Å². The van der Waals surface area contributed by atoms with E-state index in [1.807, 2.05) is 12.1 Å². The normalized spacial score (nSPS) is 11.6. The van der Waals surface area contributed by atoms with Crippen molar-refractivity contribution < 1.29 is 0 Å². The van der Waals surface area contributed by atoms with Crippen LogP contribution in [0.2, 0.25) is 0 Å². The molecule has 5 nitrogen and oxygen atoms in total. The van der Waals surface area contributed by atoms with Gasteiger partial charge in [0.15, 0.2) is 5.96 Å². The van der Waals surface area contributed by atoms with Gasteiger partial charge in [-0.1, -0.05) is 37.3 Å². The molecule has 20 heavy (non-hydrogen) atoms. The highest BCUT2D eigenvalue weighted by molar-refractivity contribution is 7.11. The molecular formula is C14H19N5S. The SMILES string of the molecule is CCc1cccc(NC(N)=NCc2nnc(CC)s2)c1. The Labute approximate surface area is 123 Å². The fraction of sp³-hybridized carbons (Fsp3) is 0.357. The molecule has 0 aliphatic heterocycles. The van der Waals surface area contributed by atoms with E-state index in [0.29, 0.717) is 12.5 Å². The monoisotopic (exact) mass is 289 g/mol. The Morgan fingerprint density at radius 3 is 2.75 bits per heavy atom. The molecule has 1 aromatic carbocycles. The molecule has 0 amide bonds. The highest BCUT2D eigenvalue weighted by Crippen LogP contribution is 2.12. The van der Waals surface area contributed by atoms with Crippen molar-refractivity contribution in [2.24, 2.45) is 10.7 Å². The second-order valence-corrected chi connectivity index (χ2v) is 5.47. The molecule has 106 valence electrons. The Kier molecular flexibility index (Phi) is 5.06. The lowest BCUT2D eigenvalue weighted by Gasteiger charge is -2.06. The first-order valence-electron chi connectivity index (χ1n) is 6.68. The summed E-state index contributed by atoms with van der Waals surface area (Å²) in [6.45, 7) is 4.64. The second-order valence-electron chi connectivity index (χ2n) is 4.32. The van der Waals surface area contributed by atoms with E-state index in [1.54, 1.807) is 11.3 Å². The van der Waals surface area contributed by atoms with Gasteiger partial charge in [0.2, 0.25) is 0 Å². The van der Waals surface area contributed by atoms with Crippen LogP contribution in [0.15, 0.2) is 29.3 Å². The van der Waals surface area contributed by atoms with Gasteiger partial charge in [-0.3, -0.25) is 0 Å². The first kappa shape index (κ1) is 14.5. The summed E-state index contributed by atoms with van der Waals surface area (Å²) in [5.74, 6) is 0.395. The molecule has 0 spiro atoms. The van der Waals surface area contributed by atoms with E-state index in [4.69, 9.17) is 5.73 Å². The zero-order valence-corrected chi connectivity index (χ0v) is 12.6. The van der Waals surface area contributed by atoms with E-state index in [2.05, 4.69) is 46.5 Å². The van der Waals surface area contributed by atoms with Gasteiger partial charge in [0.25, 0.3) is 0 Å². The van der Waals surface area contributed by atoms with Gasteiger partial charge in [-0.05, 0) is 30.5 Å². The molecule has 0 saturated heterocycles. The number of aryl methyl sites for hydroxylation is 2. The third kappa shape index (κ3) is 4.03. The summed E-state index contributed by atoms with van der Waals surface area (Å²) in [5, 5.41) is 13.1. The molecule has 0 unspecified atom stereocenters. The molecule has 3 N–H and O–H groups in total. The summed E-state index contributed by atoms with van der Waals surface area (Å²) >= 11 is 1.57. The number of nitrogens with one attached hydrogen (secondary N) is 1. The summed E-state index contributed by atoms with van der Waals surface area (Å²) in [7, 11) is 0. The Bertz CT molecular complexity index is 591. The van der Waals surface area contributed by atoms with Crippen LogP contribution in [0.5, 0.6) is 0 Å². The number of guanidine groups is 1. The third-order valence-corrected chi connectivity index (χ3v) is 3.86. The highest BCUT2D eigenvalue weighted by atomic mass is 32.1. The third-order valence-electron chi connectivity index (χ3n) is 2.80. The molecule has 0 fully saturated rings. The predicted octanol–water partition coefficient (Wildman–Crippen LogP) is 2.59. The van der Waals surface area contributed by atoms with Crippen molar-refractivity contribution in [1.29, 1.82) is 0 Å². The molecule has 1 aromatic heterocycles. The van der Waals surface area contributed by atoms with Crippen molar-refractivity contribution in [3.05, 3.63) is 39.8 Å². The smallest absolute Gasteiger partial charge is 0.193 e. The Morgan fingerprint density at radius 2 is 2.05 bits per heavy atom. The zero-order valence-electron chi connectivity index (χ0n) is 11.8. The first-order valence-corrected chi connectivity index (χ1v) is 7.50. The lowest BCUT2D eigenvalue weighted by Crippen LogP contribution is -2.22. The van der Waals surface area contributed by atoms with Gasteiger partial charge in [-0.15, -0.1) is 10.2 Å². The summed E-state index contributed by atoms with van der Waals surface area (Å²) in [5.41, 5.74) is 8.10.